The zero-order valence-electron chi connectivity index (χ0n) is 25.2. The number of ether oxygens (including phenoxy) is 6. The molecule has 3 aliphatic heterocycles. The fraction of sp³-hybridized carbons (Fsp3) is 1.00. The second-order valence-electron chi connectivity index (χ2n) is 12.9. The number of hydrogen-bond donors (Lipinski definition) is 10. The number of aliphatic hydroxyl groups excluding tert-OH is 10. The van der Waals surface area contributed by atoms with Gasteiger partial charge in [-0.2, -0.15) is 0 Å². The Morgan fingerprint density at radius 2 is 1.27 bits per heavy atom. The van der Waals surface area contributed by atoms with E-state index in [9.17, 15) is 51.1 Å². The molecule has 10 N–H and O–H groups in total. The first kappa shape index (κ1) is 36.2. The molecule has 0 amide bonds. The third-order valence-electron chi connectivity index (χ3n) is 9.42. The number of hydrogen-bond acceptors (Lipinski definition) is 16. The lowest BCUT2D eigenvalue weighted by atomic mass is 9.75. The average molecular weight is 643 g/mol. The molecule has 3 unspecified atom stereocenters. The molecule has 0 bridgehead atoms. The highest BCUT2D eigenvalue weighted by Crippen LogP contribution is 2.37. The van der Waals surface area contributed by atoms with Gasteiger partial charge in [0.1, 0.15) is 73.8 Å². The minimum atomic E-state index is -2.35. The molecule has 17 atom stereocenters. The van der Waals surface area contributed by atoms with Crippen LogP contribution in [0.1, 0.15) is 40.0 Å². The molecular weight excluding hydrogens is 592 g/mol. The summed E-state index contributed by atoms with van der Waals surface area (Å²) in [7, 11) is 0. The number of aliphatic hydroxyl groups is 10. The van der Waals surface area contributed by atoms with E-state index in [1.165, 1.54) is 0 Å². The van der Waals surface area contributed by atoms with Crippen molar-refractivity contribution in [2.24, 2.45) is 17.8 Å². The third kappa shape index (κ3) is 7.41. The van der Waals surface area contributed by atoms with Gasteiger partial charge in [0.05, 0.1) is 25.9 Å². The Morgan fingerprint density at radius 1 is 0.705 bits per heavy atom. The fourth-order valence-electron chi connectivity index (χ4n) is 6.52. The lowest BCUT2D eigenvalue weighted by Crippen LogP contribution is -2.63. The molecule has 258 valence electrons. The summed E-state index contributed by atoms with van der Waals surface area (Å²) in [6.45, 7) is 3.96. The first-order valence-corrected chi connectivity index (χ1v) is 15.3. The highest BCUT2D eigenvalue weighted by atomic mass is 16.8. The summed E-state index contributed by atoms with van der Waals surface area (Å²) >= 11 is 0. The second kappa shape index (κ2) is 15.1. The van der Waals surface area contributed by atoms with Gasteiger partial charge in [0, 0.05) is 0 Å². The van der Waals surface area contributed by atoms with Gasteiger partial charge in [0.2, 0.25) is 5.79 Å². The molecule has 1 aliphatic carbocycles. The van der Waals surface area contributed by atoms with Crippen LogP contribution in [0.5, 0.6) is 0 Å². The maximum absolute atomic E-state index is 10.6. The first-order valence-electron chi connectivity index (χ1n) is 15.3. The molecule has 4 fully saturated rings. The molecule has 16 heteroatoms. The maximum Gasteiger partial charge on any atom is 0.224 e. The summed E-state index contributed by atoms with van der Waals surface area (Å²) in [4.78, 5) is 0. The van der Waals surface area contributed by atoms with Crippen molar-refractivity contribution in [3.63, 3.8) is 0 Å². The average Bonchev–Trinajstić information content (AvgIpc) is 3.24. The van der Waals surface area contributed by atoms with Crippen LogP contribution in [0, 0.1) is 17.8 Å². The molecule has 1 saturated carbocycles. The molecule has 4 aliphatic rings. The van der Waals surface area contributed by atoms with Crippen molar-refractivity contribution in [1.29, 1.82) is 0 Å². The van der Waals surface area contributed by atoms with Gasteiger partial charge in [-0.05, 0) is 30.6 Å². The molecule has 0 aromatic heterocycles. The smallest absolute Gasteiger partial charge is 0.224 e. The van der Waals surface area contributed by atoms with Crippen LogP contribution in [0.25, 0.3) is 0 Å². The largest absolute Gasteiger partial charge is 0.394 e. The predicted molar refractivity (Wildman–Crippen MR) is 145 cm³/mol. The summed E-state index contributed by atoms with van der Waals surface area (Å²) < 4.78 is 33.9. The van der Waals surface area contributed by atoms with E-state index in [0.717, 1.165) is 19.3 Å². The van der Waals surface area contributed by atoms with E-state index < -0.39 is 105 Å². The Labute approximate surface area is 255 Å². The van der Waals surface area contributed by atoms with Crippen molar-refractivity contribution in [3.8, 4) is 0 Å². The molecule has 3 saturated heterocycles. The Bertz CT molecular complexity index is 898. The molecule has 0 radical (unpaired) electrons. The predicted octanol–water partition coefficient (Wildman–Crippen LogP) is -4.09. The van der Waals surface area contributed by atoms with Crippen molar-refractivity contribution in [3.05, 3.63) is 0 Å². The zero-order valence-corrected chi connectivity index (χ0v) is 25.2. The van der Waals surface area contributed by atoms with Crippen molar-refractivity contribution in [1.82, 2.24) is 0 Å². The standard InChI is InChI=1S/C28H50O16/c1-11(2)13-5-4-12(3)6-14(13)39-8-16-18(31)21(34)23(36)26(41-16)40-9-17-19(32)22(35)24(37)27(42-17)44-28(10-30)25(38)20(33)15(7-29)43-28/h11-27,29-38H,4-10H2,1-3H3/t12?,13?,14?,15-,16-,17-,18+,19-,20-,21+,22+,23-,24-,25+,26-,27-,28+/m1/s1. The van der Waals surface area contributed by atoms with E-state index in [-0.39, 0.29) is 12.7 Å². The topological polar surface area (TPSA) is 258 Å². The SMILES string of the molecule is CC1CCC(C(C)C)C(OC[C@H]2O[C@@H](OC[C@H]3O[C@H](O[C@]4(CO)O[C@H](CO)[C@@H](O)[C@@H]4O)[C@H](O)[C@@H](O)[C@@H]3O)[C@H](O)[C@@H](O)[C@H]2O)C1. The lowest BCUT2D eigenvalue weighted by molar-refractivity contribution is -0.388. The van der Waals surface area contributed by atoms with Crippen LogP contribution >= 0.6 is 0 Å². The fourth-order valence-corrected chi connectivity index (χ4v) is 6.52. The van der Waals surface area contributed by atoms with Gasteiger partial charge in [-0.25, -0.2) is 0 Å². The van der Waals surface area contributed by atoms with Gasteiger partial charge in [0.25, 0.3) is 0 Å². The van der Waals surface area contributed by atoms with Gasteiger partial charge in [-0.1, -0.05) is 27.2 Å². The zero-order chi connectivity index (χ0) is 32.5. The maximum atomic E-state index is 10.6. The van der Waals surface area contributed by atoms with Crippen LogP contribution in [-0.2, 0) is 28.4 Å². The van der Waals surface area contributed by atoms with E-state index in [2.05, 4.69) is 20.8 Å². The number of rotatable bonds is 11. The summed E-state index contributed by atoms with van der Waals surface area (Å²) in [5, 5.41) is 103. The van der Waals surface area contributed by atoms with Gasteiger partial charge in [-0.3, -0.25) is 0 Å². The Kier molecular flexibility index (Phi) is 12.4. The van der Waals surface area contributed by atoms with Crippen LogP contribution in [0.3, 0.4) is 0 Å². The van der Waals surface area contributed by atoms with E-state index in [0.29, 0.717) is 17.8 Å². The quantitative estimate of drug-likeness (QED) is 0.103. The monoisotopic (exact) mass is 642 g/mol. The van der Waals surface area contributed by atoms with Crippen LogP contribution in [0.15, 0.2) is 0 Å². The van der Waals surface area contributed by atoms with Crippen molar-refractivity contribution in [2.75, 3.05) is 26.4 Å². The summed E-state index contributed by atoms with van der Waals surface area (Å²) in [6, 6.07) is 0. The van der Waals surface area contributed by atoms with Gasteiger partial charge in [0.15, 0.2) is 12.6 Å². The van der Waals surface area contributed by atoms with E-state index in [4.69, 9.17) is 28.4 Å². The Balaban J connectivity index is 1.39. The Hall–Kier alpha value is -0.640. The normalized spacial score (nSPS) is 50.3. The highest BCUT2D eigenvalue weighted by Gasteiger charge is 2.58. The molecule has 4 rings (SSSR count). The lowest BCUT2D eigenvalue weighted by Gasteiger charge is -2.45. The van der Waals surface area contributed by atoms with Crippen molar-refractivity contribution >= 4 is 0 Å². The molecule has 16 nitrogen and oxygen atoms in total. The van der Waals surface area contributed by atoms with Crippen LogP contribution in [-0.4, -0.2) is 169 Å². The Morgan fingerprint density at radius 3 is 1.82 bits per heavy atom. The van der Waals surface area contributed by atoms with Crippen LogP contribution in [0.4, 0.5) is 0 Å². The summed E-state index contributed by atoms with van der Waals surface area (Å²) in [5.41, 5.74) is 0. The second-order valence-corrected chi connectivity index (χ2v) is 12.9. The molecule has 44 heavy (non-hydrogen) atoms. The van der Waals surface area contributed by atoms with Gasteiger partial charge in [-0.15, -0.1) is 0 Å². The van der Waals surface area contributed by atoms with Gasteiger partial charge < -0.3 is 79.5 Å². The molecule has 0 aromatic carbocycles. The van der Waals surface area contributed by atoms with Crippen LogP contribution in [0.2, 0.25) is 0 Å². The van der Waals surface area contributed by atoms with Crippen LogP contribution < -0.4 is 0 Å². The summed E-state index contributed by atoms with van der Waals surface area (Å²) in [6.07, 6.45) is -18.3. The molecule has 3 heterocycles. The third-order valence-corrected chi connectivity index (χ3v) is 9.42. The molecule has 0 aromatic rings. The minimum absolute atomic E-state index is 0.0769. The molecular formula is C28H50O16. The highest BCUT2D eigenvalue weighted by molar-refractivity contribution is 4.99. The summed E-state index contributed by atoms with van der Waals surface area (Å²) in [5.74, 6) is -1.19. The van der Waals surface area contributed by atoms with Gasteiger partial charge >= 0.3 is 0 Å². The minimum Gasteiger partial charge on any atom is -0.394 e. The van der Waals surface area contributed by atoms with E-state index in [1.807, 2.05) is 0 Å². The van der Waals surface area contributed by atoms with Crippen molar-refractivity contribution in [2.45, 2.75) is 132 Å². The first-order chi connectivity index (χ1) is 20.7. The molecule has 0 spiro atoms. The van der Waals surface area contributed by atoms with Crippen molar-refractivity contribution < 1.29 is 79.5 Å². The van der Waals surface area contributed by atoms with E-state index in [1.54, 1.807) is 0 Å². The van der Waals surface area contributed by atoms with E-state index >= 15 is 0 Å².